The molecule has 0 aliphatic heterocycles. The summed E-state index contributed by atoms with van der Waals surface area (Å²) < 4.78 is 0. The van der Waals surface area contributed by atoms with Gasteiger partial charge in [-0.1, -0.05) is 30.3 Å². The number of carbonyl (C=O) groups excluding carboxylic acids is 2. The van der Waals surface area contributed by atoms with Gasteiger partial charge in [-0.15, -0.1) is 0 Å². The molecule has 0 amide bonds. The summed E-state index contributed by atoms with van der Waals surface area (Å²) in [6.07, 6.45) is 0. The first-order valence-electron chi connectivity index (χ1n) is 4.18. The van der Waals surface area contributed by atoms with E-state index in [1.165, 1.54) is 13.8 Å². The molecule has 0 radical (unpaired) electrons. The molecule has 0 unspecified atom stereocenters. The van der Waals surface area contributed by atoms with Gasteiger partial charge in [0.05, 0.1) is 0 Å². The van der Waals surface area contributed by atoms with E-state index in [4.69, 9.17) is 0 Å². The zero-order chi connectivity index (χ0) is 9.84. The van der Waals surface area contributed by atoms with E-state index in [0.717, 1.165) is 5.56 Å². The minimum Gasteiger partial charge on any atom is -0.299 e. The van der Waals surface area contributed by atoms with E-state index >= 15 is 0 Å². The Kier molecular flexibility index (Phi) is 5.37. The first-order valence-corrected chi connectivity index (χ1v) is 4.18. The maximum atomic E-state index is 11.2. The number of ketones is 2. The standard InChI is InChI=1S/C11H12O2.Cr/c1-8(12)11(9(2)13)10-6-4-3-5-7-10;/h3-7,11H,1-2H3;. The van der Waals surface area contributed by atoms with Gasteiger partial charge in [0.2, 0.25) is 0 Å². The van der Waals surface area contributed by atoms with Gasteiger partial charge >= 0.3 is 0 Å². The van der Waals surface area contributed by atoms with Crippen molar-refractivity contribution in [2.75, 3.05) is 0 Å². The third-order valence-corrected chi connectivity index (χ3v) is 1.95. The predicted octanol–water partition coefficient (Wildman–Crippen LogP) is 1.95. The van der Waals surface area contributed by atoms with E-state index in [-0.39, 0.29) is 28.9 Å². The monoisotopic (exact) mass is 228 g/mol. The number of rotatable bonds is 3. The third kappa shape index (κ3) is 3.10. The van der Waals surface area contributed by atoms with Gasteiger partial charge in [0.1, 0.15) is 17.5 Å². The second-order valence-electron chi connectivity index (χ2n) is 3.06. The summed E-state index contributed by atoms with van der Waals surface area (Å²) in [5, 5.41) is 0. The molecule has 0 spiro atoms. The van der Waals surface area contributed by atoms with Crippen LogP contribution in [0.4, 0.5) is 0 Å². The topological polar surface area (TPSA) is 34.1 Å². The summed E-state index contributed by atoms with van der Waals surface area (Å²) >= 11 is 0. The van der Waals surface area contributed by atoms with Crippen molar-refractivity contribution < 1.29 is 27.0 Å². The van der Waals surface area contributed by atoms with Gasteiger partial charge < -0.3 is 0 Å². The number of benzene rings is 1. The van der Waals surface area contributed by atoms with Gasteiger partial charge in [-0.05, 0) is 19.4 Å². The fourth-order valence-corrected chi connectivity index (χ4v) is 1.40. The van der Waals surface area contributed by atoms with Crippen molar-refractivity contribution in [1.29, 1.82) is 0 Å². The van der Waals surface area contributed by atoms with Crippen LogP contribution in [0.25, 0.3) is 0 Å². The second-order valence-corrected chi connectivity index (χ2v) is 3.06. The van der Waals surface area contributed by atoms with E-state index in [1.54, 1.807) is 12.1 Å². The summed E-state index contributed by atoms with van der Waals surface area (Å²) in [7, 11) is 0. The van der Waals surface area contributed by atoms with Crippen LogP contribution >= 0.6 is 0 Å². The van der Waals surface area contributed by atoms with Gasteiger partial charge in [-0.3, -0.25) is 9.59 Å². The fraction of sp³-hybridized carbons (Fsp3) is 0.273. The van der Waals surface area contributed by atoms with Crippen molar-refractivity contribution in [3.63, 3.8) is 0 Å². The third-order valence-electron chi connectivity index (χ3n) is 1.95. The molecule has 0 atom stereocenters. The van der Waals surface area contributed by atoms with E-state index < -0.39 is 5.92 Å². The molecule has 0 saturated heterocycles. The van der Waals surface area contributed by atoms with Gasteiger partial charge in [-0.2, -0.15) is 0 Å². The molecule has 0 aliphatic rings. The minimum atomic E-state index is -0.582. The van der Waals surface area contributed by atoms with Crippen LogP contribution in [0.15, 0.2) is 30.3 Å². The van der Waals surface area contributed by atoms with Crippen LogP contribution in [0.3, 0.4) is 0 Å². The Morgan fingerprint density at radius 2 is 1.43 bits per heavy atom. The molecule has 0 aromatic heterocycles. The molecular weight excluding hydrogens is 216 g/mol. The SMILES string of the molecule is CC(=O)C(C(C)=O)c1ccccc1.[Cr]. The predicted molar refractivity (Wildman–Crippen MR) is 50.5 cm³/mol. The van der Waals surface area contributed by atoms with Crippen molar-refractivity contribution in [1.82, 2.24) is 0 Å². The molecule has 0 saturated carbocycles. The first-order chi connectivity index (χ1) is 6.13. The maximum absolute atomic E-state index is 11.2. The van der Waals surface area contributed by atoms with Crippen LogP contribution in [0.1, 0.15) is 25.3 Å². The number of carbonyl (C=O) groups is 2. The van der Waals surface area contributed by atoms with Crippen molar-refractivity contribution in [2.45, 2.75) is 19.8 Å². The van der Waals surface area contributed by atoms with Gasteiger partial charge in [-0.25, -0.2) is 0 Å². The quantitative estimate of drug-likeness (QED) is 0.741. The Morgan fingerprint density at radius 1 is 1.00 bits per heavy atom. The Balaban J connectivity index is 0.00000169. The average Bonchev–Trinajstić information content (AvgIpc) is 2.04. The van der Waals surface area contributed by atoms with Crippen LogP contribution in [0, 0.1) is 0 Å². The van der Waals surface area contributed by atoms with Gasteiger partial charge in [0.15, 0.2) is 0 Å². The zero-order valence-corrected chi connectivity index (χ0v) is 9.46. The van der Waals surface area contributed by atoms with Crippen molar-refractivity contribution >= 4 is 11.6 Å². The summed E-state index contributed by atoms with van der Waals surface area (Å²) in [4.78, 5) is 22.3. The summed E-state index contributed by atoms with van der Waals surface area (Å²) in [6.45, 7) is 2.89. The Morgan fingerprint density at radius 3 is 1.79 bits per heavy atom. The number of hydrogen-bond donors (Lipinski definition) is 0. The second kappa shape index (κ2) is 5.75. The average molecular weight is 228 g/mol. The van der Waals surface area contributed by atoms with E-state index in [2.05, 4.69) is 0 Å². The zero-order valence-electron chi connectivity index (χ0n) is 8.19. The van der Waals surface area contributed by atoms with Crippen LogP contribution in [-0.2, 0) is 27.0 Å². The van der Waals surface area contributed by atoms with Crippen molar-refractivity contribution in [3.8, 4) is 0 Å². The normalized spacial score (nSPS) is 9.36. The fourth-order valence-electron chi connectivity index (χ4n) is 1.40. The van der Waals surface area contributed by atoms with E-state index in [1.807, 2.05) is 18.2 Å². The smallest absolute Gasteiger partial charge is 0.144 e. The summed E-state index contributed by atoms with van der Waals surface area (Å²) in [5.74, 6) is -0.779. The Bertz CT molecular complexity index is 305. The van der Waals surface area contributed by atoms with E-state index in [9.17, 15) is 9.59 Å². The molecule has 74 valence electrons. The first kappa shape index (κ1) is 13.1. The minimum absolute atomic E-state index is 0. The molecule has 1 aromatic rings. The molecule has 0 bridgehead atoms. The van der Waals surface area contributed by atoms with Crippen molar-refractivity contribution in [3.05, 3.63) is 35.9 Å². The molecule has 2 nitrogen and oxygen atoms in total. The number of hydrogen-bond acceptors (Lipinski definition) is 2. The molecule has 0 aliphatic carbocycles. The Hall–Kier alpha value is -0.908. The van der Waals surface area contributed by atoms with Crippen LogP contribution in [-0.4, -0.2) is 11.6 Å². The van der Waals surface area contributed by atoms with Gasteiger partial charge in [0, 0.05) is 17.4 Å². The molecule has 3 heteroatoms. The summed E-state index contributed by atoms with van der Waals surface area (Å²) in [6, 6.07) is 9.12. The Labute approximate surface area is 94.5 Å². The van der Waals surface area contributed by atoms with Crippen LogP contribution in [0.2, 0.25) is 0 Å². The summed E-state index contributed by atoms with van der Waals surface area (Å²) in [5.41, 5.74) is 0.780. The van der Waals surface area contributed by atoms with Crippen molar-refractivity contribution in [2.24, 2.45) is 0 Å². The maximum Gasteiger partial charge on any atom is 0.144 e. The molecular formula is C11H12CrO2. The van der Waals surface area contributed by atoms with Gasteiger partial charge in [0.25, 0.3) is 0 Å². The largest absolute Gasteiger partial charge is 0.299 e. The molecule has 0 fully saturated rings. The molecule has 1 rings (SSSR count). The number of Topliss-reactive ketones (excluding diaryl/α,β-unsaturated/α-hetero) is 2. The molecule has 0 heterocycles. The van der Waals surface area contributed by atoms with E-state index in [0.29, 0.717) is 0 Å². The molecule has 0 N–H and O–H groups in total. The molecule has 14 heavy (non-hydrogen) atoms. The van der Waals surface area contributed by atoms with Crippen LogP contribution < -0.4 is 0 Å². The van der Waals surface area contributed by atoms with Crippen LogP contribution in [0.5, 0.6) is 0 Å². The molecule has 1 aromatic carbocycles.